The number of nitrogens with one attached hydrogen (secondary N) is 1. The zero-order chi connectivity index (χ0) is 17.2. The number of hydrazone groups is 1. The van der Waals surface area contributed by atoms with Gasteiger partial charge in [0.15, 0.2) is 0 Å². The van der Waals surface area contributed by atoms with Crippen LogP contribution in [-0.2, 0) is 0 Å². The molecule has 0 unspecified atom stereocenters. The molecule has 0 fully saturated rings. The quantitative estimate of drug-likeness (QED) is 0.274. The molecule has 3 rings (SSSR count). The first-order valence-electron chi connectivity index (χ1n) is 7.72. The van der Waals surface area contributed by atoms with Gasteiger partial charge in [-0.2, -0.15) is 0 Å². The predicted octanol–water partition coefficient (Wildman–Crippen LogP) is 5.94. The third-order valence-corrected chi connectivity index (χ3v) is 3.08. The van der Waals surface area contributed by atoms with Crippen LogP contribution in [0.15, 0.2) is 117 Å². The van der Waals surface area contributed by atoms with Gasteiger partial charge >= 0.3 is 5.96 Å². The lowest BCUT2D eigenvalue weighted by atomic mass is 10.3. The zero-order valence-electron chi connectivity index (χ0n) is 13.4. The fourth-order valence-electron chi connectivity index (χ4n) is 1.89. The summed E-state index contributed by atoms with van der Waals surface area (Å²) in [4.78, 5) is 0. The highest BCUT2D eigenvalue weighted by Crippen LogP contribution is 2.13. The fraction of sp³-hybridized carbons (Fsp3) is 0. The van der Waals surface area contributed by atoms with Crippen LogP contribution in [0.2, 0.25) is 0 Å². The van der Waals surface area contributed by atoms with Gasteiger partial charge in [-0.05, 0) is 36.4 Å². The van der Waals surface area contributed by atoms with Crippen LogP contribution in [0.5, 0.6) is 0 Å². The van der Waals surface area contributed by atoms with Crippen molar-refractivity contribution in [2.45, 2.75) is 0 Å². The van der Waals surface area contributed by atoms with E-state index in [0.29, 0.717) is 11.4 Å². The van der Waals surface area contributed by atoms with Crippen LogP contribution in [0.4, 0.5) is 17.1 Å². The SMILES string of the molecule is c1ccc(N=NC(N=Nc2ccccc2)=NNc2ccccc2)cc1. The monoisotopic (exact) mass is 328 g/mol. The molecule has 3 aromatic carbocycles. The molecule has 0 spiro atoms. The van der Waals surface area contributed by atoms with E-state index < -0.39 is 0 Å². The van der Waals surface area contributed by atoms with Crippen LogP contribution in [0.1, 0.15) is 0 Å². The van der Waals surface area contributed by atoms with Gasteiger partial charge in [-0.25, -0.2) is 0 Å². The Morgan fingerprint density at radius 1 is 0.560 bits per heavy atom. The summed E-state index contributed by atoms with van der Waals surface area (Å²) < 4.78 is 0. The fourth-order valence-corrected chi connectivity index (χ4v) is 1.89. The number of benzene rings is 3. The maximum absolute atomic E-state index is 4.17. The van der Waals surface area contributed by atoms with Crippen molar-refractivity contribution in [3.63, 3.8) is 0 Å². The van der Waals surface area contributed by atoms with Gasteiger partial charge in [-0.1, -0.05) is 54.6 Å². The first kappa shape index (κ1) is 16.2. The average Bonchev–Trinajstić information content (AvgIpc) is 2.70. The van der Waals surface area contributed by atoms with E-state index in [1.807, 2.05) is 91.0 Å². The first-order valence-corrected chi connectivity index (χ1v) is 7.72. The van der Waals surface area contributed by atoms with Gasteiger partial charge in [-0.3, -0.25) is 5.43 Å². The smallest absolute Gasteiger partial charge is 0.275 e. The molecule has 0 aliphatic heterocycles. The standard InChI is InChI=1S/C19H16N6/c1-4-10-16(11-5-1)20-23-19(24-21-17-12-6-2-7-13-17)25-22-18-14-8-3-9-15-18/h1-15,20H. The first-order chi connectivity index (χ1) is 12.4. The highest BCUT2D eigenvalue weighted by atomic mass is 15.4. The van der Waals surface area contributed by atoms with Crippen LogP contribution in [-0.4, -0.2) is 5.96 Å². The number of anilines is 1. The molecule has 3 aromatic rings. The molecule has 1 N–H and O–H groups in total. The summed E-state index contributed by atoms with van der Waals surface area (Å²) in [5.41, 5.74) is 5.15. The number of para-hydroxylation sites is 1. The molecule has 25 heavy (non-hydrogen) atoms. The van der Waals surface area contributed by atoms with Crippen LogP contribution < -0.4 is 5.43 Å². The van der Waals surface area contributed by atoms with E-state index in [9.17, 15) is 0 Å². The number of nitrogens with zero attached hydrogens (tertiary/aromatic N) is 5. The lowest BCUT2D eigenvalue weighted by molar-refractivity contribution is 1.15. The Balaban J connectivity index is 1.80. The molecule has 6 nitrogen and oxygen atoms in total. The Morgan fingerprint density at radius 2 is 1.00 bits per heavy atom. The van der Waals surface area contributed by atoms with Crippen molar-refractivity contribution >= 4 is 23.0 Å². The van der Waals surface area contributed by atoms with Gasteiger partial charge in [0, 0.05) is 0 Å². The molecular formula is C19H16N6. The van der Waals surface area contributed by atoms with E-state index in [-0.39, 0.29) is 5.96 Å². The lowest BCUT2D eigenvalue weighted by Crippen LogP contribution is -1.95. The van der Waals surface area contributed by atoms with Gasteiger partial charge in [0.25, 0.3) is 0 Å². The molecule has 122 valence electrons. The summed E-state index contributed by atoms with van der Waals surface area (Å²) in [6.45, 7) is 0. The molecule has 0 aromatic heterocycles. The van der Waals surface area contributed by atoms with Crippen molar-refractivity contribution in [1.29, 1.82) is 0 Å². The minimum Gasteiger partial charge on any atom is -0.275 e. The van der Waals surface area contributed by atoms with E-state index in [1.165, 1.54) is 0 Å². The second kappa shape index (κ2) is 8.83. The van der Waals surface area contributed by atoms with Crippen LogP contribution in [0.25, 0.3) is 0 Å². The van der Waals surface area contributed by atoms with Crippen molar-refractivity contribution < 1.29 is 0 Å². The van der Waals surface area contributed by atoms with Gasteiger partial charge in [0.1, 0.15) is 0 Å². The Kier molecular flexibility index (Phi) is 5.72. The van der Waals surface area contributed by atoms with E-state index in [2.05, 4.69) is 31.0 Å². The molecule has 6 heteroatoms. The number of azo groups is 2. The maximum Gasteiger partial charge on any atom is 0.304 e. The Hall–Kier alpha value is -3.67. The van der Waals surface area contributed by atoms with Gasteiger partial charge in [-0.15, -0.1) is 25.6 Å². The van der Waals surface area contributed by atoms with Crippen molar-refractivity contribution in [1.82, 2.24) is 0 Å². The molecule has 0 aliphatic carbocycles. The molecule has 0 heterocycles. The Morgan fingerprint density at radius 3 is 1.48 bits per heavy atom. The van der Waals surface area contributed by atoms with E-state index in [1.54, 1.807) is 0 Å². The molecule has 0 aliphatic rings. The second-order valence-corrected chi connectivity index (χ2v) is 4.96. The highest BCUT2D eigenvalue weighted by Gasteiger charge is 1.97. The minimum absolute atomic E-state index is 0.122. The molecular weight excluding hydrogens is 312 g/mol. The summed E-state index contributed by atoms with van der Waals surface area (Å²) in [6.07, 6.45) is 0. The van der Waals surface area contributed by atoms with Crippen molar-refractivity contribution in [2.24, 2.45) is 25.6 Å². The second-order valence-electron chi connectivity index (χ2n) is 4.96. The molecule has 0 amide bonds. The van der Waals surface area contributed by atoms with Crippen LogP contribution in [0.3, 0.4) is 0 Å². The molecule has 0 saturated heterocycles. The highest BCUT2D eigenvalue weighted by molar-refractivity contribution is 5.81. The maximum atomic E-state index is 4.17. The van der Waals surface area contributed by atoms with Gasteiger partial charge < -0.3 is 0 Å². The van der Waals surface area contributed by atoms with Crippen LogP contribution >= 0.6 is 0 Å². The Labute approximate surface area is 145 Å². The van der Waals surface area contributed by atoms with E-state index in [4.69, 9.17) is 0 Å². The summed E-state index contributed by atoms with van der Waals surface area (Å²) in [6, 6.07) is 28.3. The third kappa shape index (κ3) is 5.47. The van der Waals surface area contributed by atoms with Gasteiger partial charge in [0.2, 0.25) is 0 Å². The number of guanidine groups is 1. The van der Waals surface area contributed by atoms with Crippen molar-refractivity contribution in [3.8, 4) is 0 Å². The predicted molar refractivity (Wildman–Crippen MR) is 99.4 cm³/mol. The summed E-state index contributed by atoms with van der Waals surface area (Å²) in [5.74, 6) is 0.122. The van der Waals surface area contributed by atoms with Gasteiger partial charge in [0.05, 0.1) is 17.1 Å². The van der Waals surface area contributed by atoms with Crippen molar-refractivity contribution in [3.05, 3.63) is 91.0 Å². The lowest BCUT2D eigenvalue weighted by Gasteiger charge is -1.99. The average molecular weight is 328 g/mol. The largest absolute Gasteiger partial charge is 0.304 e. The number of hydrogen-bond acceptors (Lipinski definition) is 4. The molecule has 0 bridgehead atoms. The summed E-state index contributed by atoms with van der Waals surface area (Å²) in [5, 5.41) is 20.6. The molecule has 0 radical (unpaired) electrons. The number of hydrogen-bond donors (Lipinski definition) is 1. The van der Waals surface area contributed by atoms with E-state index in [0.717, 1.165) is 5.69 Å². The number of rotatable bonds is 4. The topological polar surface area (TPSA) is 73.8 Å². The minimum atomic E-state index is 0.122. The summed E-state index contributed by atoms with van der Waals surface area (Å²) in [7, 11) is 0. The zero-order valence-corrected chi connectivity index (χ0v) is 13.4. The molecule has 0 atom stereocenters. The van der Waals surface area contributed by atoms with Crippen LogP contribution in [0, 0.1) is 0 Å². The molecule has 0 saturated carbocycles. The third-order valence-electron chi connectivity index (χ3n) is 3.08. The Bertz CT molecular complexity index is 807. The van der Waals surface area contributed by atoms with E-state index >= 15 is 0 Å². The normalized spacial score (nSPS) is 10.9. The van der Waals surface area contributed by atoms with Crippen molar-refractivity contribution in [2.75, 3.05) is 5.43 Å². The summed E-state index contributed by atoms with van der Waals surface area (Å²) >= 11 is 0.